The maximum atomic E-state index is 13.3. The average molecular weight is 338 g/mol. The van der Waals surface area contributed by atoms with Gasteiger partial charge in [-0.1, -0.05) is 12.1 Å². The summed E-state index contributed by atoms with van der Waals surface area (Å²) in [4.78, 5) is 10.2. The van der Waals surface area contributed by atoms with Gasteiger partial charge in [0.25, 0.3) is 10.0 Å². The maximum absolute atomic E-state index is 13.3. The van der Waals surface area contributed by atoms with Gasteiger partial charge in [0.2, 0.25) is 0 Å². The second-order valence-corrected chi connectivity index (χ2v) is 6.30. The summed E-state index contributed by atoms with van der Waals surface area (Å²) in [5, 5.41) is 10.5. The predicted octanol–water partition coefficient (Wildman–Crippen LogP) is 0.927. The third-order valence-electron chi connectivity index (χ3n) is 2.97. The van der Waals surface area contributed by atoms with Gasteiger partial charge in [-0.3, -0.25) is 4.72 Å². The van der Waals surface area contributed by atoms with Crippen molar-refractivity contribution in [1.29, 1.82) is 0 Å². The number of carbonyl (C=O) groups excluding carboxylic acids is 1. The summed E-state index contributed by atoms with van der Waals surface area (Å²) < 4.78 is 45.2. The van der Waals surface area contributed by atoms with Crippen LogP contribution >= 0.6 is 0 Å². The van der Waals surface area contributed by atoms with Gasteiger partial charge < -0.3 is 14.6 Å². The van der Waals surface area contributed by atoms with E-state index < -0.39 is 21.8 Å². The lowest BCUT2D eigenvalue weighted by Gasteiger charge is -2.12. The predicted molar refractivity (Wildman–Crippen MR) is 78.9 cm³/mol. The van der Waals surface area contributed by atoms with Crippen molar-refractivity contribution in [3.63, 3.8) is 0 Å². The van der Waals surface area contributed by atoms with Gasteiger partial charge in [-0.05, 0) is 35.9 Å². The second kappa shape index (κ2) is 6.66. The molecule has 0 bridgehead atoms. The minimum Gasteiger partial charge on any atom is -0.550 e. The number of carbonyl (C=O) groups is 1. The van der Waals surface area contributed by atoms with Gasteiger partial charge in [0, 0.05) is 18.1 Å². The standard InChI is InChI=1S/C15H14FNO5S/c1-22-13-7-4-11(16)9-14(13)23(20,21)17-12-5-2-10(3-6-12)8-15(18)19/h2-7,9,17H,8H2,1H3,(H,18,19)/p-1. The van der Waals surface area contributed by atoms with Gasteiger partial charge in [-0.25, -0.2) is 12.8 Å². The number of methoxy groups -OCH3 is 1. The molecule has 0 amide bonds. The Morgan fingerprint density at radius 2 is 1.87 bits per heavy atom. The molecule has 0 spiro atoms. The average Bonchev–Trinajstić information content (AvgIpc) is 2.48. The molecule has 0 saturated carbocycles. The van der Waals surface area contributed by atoms with Crippen LogP contribution in [0.4, 0.5) is 10.1 Å². The van der Waals surface area contributed by atoms with Crippen LogP contribution in [0.15, 0.2) is 47.4 Å². The normalized spacial score (nSPS) is 11.0. The van der Waals surface area contributed by atoms with Gasteiger partial charge >= 0.3 is 0 Å². The van der Waals surface area contributed by atoms with Crippen LogP contribution in [0.1, 0.15) is 5.56 Å². The van der Waals surface area contributed by atoms with E-state index in [1.165, 1.54) is 37.4 Å². The Morgan fingerprint density at radius 3 is 2.43 bits per heavy atom. The molecular weight excluding hydrogens is 325 g/mol. The molecule has 122 valence electrons. The summed E-state index contributed by atoms with van der Waals surface area (Å²) in [6.07, 6.45) is -0.273. The van der Waals surface area contributed by atoms with Gasteiger partial charge in [0.05, 0.1) is 7.11 Å². The Bertz CT molecular complexity index is 818. The Morgan fingerprint density at radius 1 is 1.22 bits per heavy atom. The number of rotatable bonds is 6. The van der Waals surface area contributed by atoms with E-state index in [2.05, 4.69) is 4.72 Å². The SMILES string of the molecule is COc1ccc(F)cc1S(=O)(=O)Nc1ccc(CC(=O)[O-])cc1. The third kappa shape index (κ3) is 4.19. The van der Waals surface area contributed by atoms with Crippen molar-refractivity contribution in [1.82, 2.24) is 0 Å². The van der Waals surface area contributed by atoms with Crippen LogP contribution in [0, 0.1) is 5.82 Å². The Balaban J connectivity index is 2.28. The van der Waals surface area contributed by atoms with Crippen LogP contribution in [-0.2, 0) is 21.2 Å². The zero-order valence-corrected chi connectivity index (χ0v) is 12.9. The smallest absolute Gasteiger partial charge is 0.265 e. The first-order chi connectivity index (χ1) is 10.8. The van der Waals surface area contributed by atoms with E-state index in [4.69, 9.17) is 4.74 Å². The molecule has 0 radical (unpaired) electrons. The molecule has 2 aromatic rings. The molecule has 6 nitrogen and oxygen atoms in total. The highest BCUT2D eigenvalue weighted by molar-refractivity contribution is 7.92. The fourth-order valence-corrected chi connectivity index (χ4v) is 3.17. The van der Waals surface area contributed by atoms with E-state index in [-0.39, 0.29) is 22.8 Å². The Kier molecular flexibility index (Phi) is 4.85. The quantitative estimate of drug-likeness (QED) is 0.845. The topological polar surface area (TPSA) is 95.5 Å². The van der Waals surface area contributed by atoms with Gasteiger partial charge in [-0.2, -0.15) is 0 Å². The number of aliphatic carboxylic acids is 1. The number of hydrogen-bond donors (Lipinski definition) is 1. The molecule has 0 aliphatic heterocycles. The van der Waals surface area contributed by atoms with Crippen LogP contribution in [0.5, 0.6) is 5.75 Å². The summed E-state index contributed by atoms with van der Waals surface area (Å²) in [6.45, 7) is 0. The van der Waals surface area contributed by atoms with Crippen LogP contribution in [0.2, 0.25) is 0 Å². The van der Waals surface area contributed by atoms with Crippen molar-refractivity contribution in [3.8, 4) is 5.75 Å². The van der Waals surface area contributed by atoms with E-state index in [1.807, 2.05) is 0 Å². The largest absolute Gasteiger partial charge is 0.550 e. The zero-order chi connectivity index (χ0) is 17.0. The molecule has 0 atom stereocenters. The third-order valence-corrected chi connectivity index (χ3v) is 4.37. The molecule has 23 heavy (non-hydrogen) atoms. The van der Waals surface area contributed by atoms with Crippen LogP contribution in [0.3, 0.4) is 0 Å². The van der Waals surface area contributed by atoms with Crippen molar-refractivity contribution in [2.45, 2.75) is 11.3 Å². The molecule has 0 aliphatic carbocycles. The number of sulfonamides is 1. The molecule has 0 fully saturated rings. The number of benzene rings is 2. The molecule has 0 aliphatic rings. The summed E-state index contributed by atoms with van der Waals surface area (Å²) in [5.74, 6) is -1.94. The number of nitrogens with one attached hydrogen (secondary N) is 1. The van der Waals surface area contributed by atoms with Gasteiger partial charge in [0.15, 0.2) is 0 Å². The van der Waals surface area contributed by atoms with Gasteiger partial charge in [0.1, 0.15) is 16.5 Å². The van der Waals surface area contributed by atoms with Crippen molar-refractivity contribution < 1.29 is 27.4 Å². The highest BCUT2D eigenvalue weighted by atomic mass is 32.2. The maximum Gasteiger partial charge on any atom is 0.265 e. The lowest BCUT2D eigenvalue weighted by molar-refractivity contribution is -0.304. The minimum absolute atomic E-state index is 0.00692. The molecule has 8 heteroatoms. The number of halogens is 1. The van der Waals surface area contributed by atoms with Crippen LogP contribution in [0.25, 0.3) is 0 Å². The summed E-state index contributed by atoms with van der Waals surface area (Å²) in [5.41, 5.74) is 0.676. The number of ether oxygens (including phenoxy) is 1. The lowest BCUT2D eigenvalue weighted by Crippen LogP contribution is -2.24. The molecule has 0 saturated heterocycles. The number of anilines is 1. The Hall–Kier alpha value is -2.61. The van der Waals surface area contributed by atoms with Crippen molar-refractivity contribution in [2.24, 2.45) is 0 Å². The van der Waals surface area contributed by atoms with E-state index in [9.17, 15) is 22.7 Å². The van der Waals surface area contributed by atoms with Crippen molar-refractivity contribution in [2.75, 3.05) is 11.8 Å². The van der Waals surface area contributed by atoms with Crippen molar-refractivity contribution in [3.05, 3.63) is 53.8 Å². The van der Waals surface area contributed by atoms with E-state index >= 15 is 0 Å². The van der Waals surface area contributed by atoms with E-state index in [0.717, 1.165) is 12.1 Å². The fourth-order valence-electron chi connectivity index (χ4n) is 1.93. The summed E-state index contributed by atoms with van der Waals surface area (Å²) in [7, 11) is -2.78. The van der Waals surface area contributed by atoms with Gasteiger partial charge in [-0.15, -0.1) is 0 Å². The fraction of sp³-hybridized carbons (Fsp3) is 0.133. The molecule has 0 unspecified atom stereocenters. The molecule has 0 aromatic heterocycles. The monoisotopic (exact) mass is 338 g/mol. The summed E-state index contributed by atoms with van der Waals surface area (Å²) >= 11 is 0. The van der Waals surface area contributed by atoms with Crippen molar-refractivity contribution >= 4 is 21.7 Å². The van der Waals surface area contributed by atoms with E-state index in [1.54, 1.807) is 0 Å². The number of carboxylic acids is 1. The summed E-state index contributed by atoms with van der Waals surface area (Å²) in [6, 6.07) is 8.88. The highest BCUT2D eigenvalue weighted by Crippen LogP contribution is 2.26. The molecule has 2 aromatic carbocycles. The van der Waals surface area contributed by atoms with E-state index in [0.29, 0.717) is 5.56 Å². The number of hydrogen-bond acceptors (Lipinski definition) is 5. The van der Waals surface area contributed by atoms with Crippen LogP contribution < -0.4 is 14.6 Å². The first-order valence-corrected chi connectivity index (χ1v) is 7.95. The minimum atomic E-state index is -4.06. The molecule has 2 rings (SSSR count). The molecule has 1 N–H and O–H groups in total. The number of carboxylic acid groups (broad SMARTS) is 1. The first-order valence-electron chi connectivity index (χ1n) is 6.47. The lowest BCUT2D eigenvalue weighted by atomic mass is 10.1. The van der Waals surface area contributed by atoms with Crippen LogP contribution in [-0.4, -0.2) is 21.5 Å². The highest BCUT2D eigenvalue weighted by Gasteiger charge is 2.20. The molecule has 0 heterocycles. The second-order valence-electron chi connectivity index (χ2n) is 4.65. The first kappa shape index (κ1) is 16.8. The zero-order valence-electron chi connectivity index (χ0n) is 12.1. The Labute approximate surface area is 132 Å². The molecular formula is C15H13FNO5S-.